The molecule has 0 spiro atoms. The van der Waals surface area contributed by atoms with E-state index in [9.17, 15) is 18.0 Å². The number of carbonyl (C=O) groups is 1. The molecule has 4 aromatic rings. The number of alkyl halides is 1. The summed E-state index contributed by atoms with van der Waals surface area (Å²) in [5, 5.41) is 18.5. The Balaban J connectivity index is 1.39. The molecule has 0 aromatic carbocycles. The number of pyridine rings is 1. The summed E-state index contributed by atoms with van der Waals surface area (Å²) in [6, 6.07) is 4.55. The van der Waals surface area contributed by atoms with Crippen molar-refractivity contribution in [2.45, 2.75) is 51.5 Å². The highest BCUT2D eigenvalue weighted by Gasteiger charge is 2.29. The molecule has 1 aliphatic rings. The Morgan fingerprint density at radius 3 is 2.77 bits per heavy atom. The number of likely N-dealkylation sites (tertiary alicyclic amines) is 1. The maximum atomic E-state index is 14.7. The first-order valence-electron chi connectivity index (χ1n) is 12.8. The molecule has 0 aliphatic carbocycles. The number of hydrogen-bond donors (Lipinski definition) is 2. The van der Waals surface area contributed by atoms with Crippen LogP contribution in [0.1, 0.15) is 49.0 Å². The second-order valence-corrected chi connectivity index (χ2v) is 10.8. The van der Waals surface area contributed by atoms with Gasteiger partial charge in [0.05, 0.1) is 35.4 Å². The molecule has 1 fully saturated rings. The maximum absolute atomic E-state index is 14.7. The highest BCUT2D eigenvalue weighted by molar-refractivity contribution is 5.93. The fraction of sp³-hybridized carbons (Fsp3) is 0.423. The number of nitrogens with one attached hydrogen (secondary N) is 2. The van der Waals surface area contributed by atoms with Gasteiger partial charge in [-0.15, -0.1) is 0 Å². The largest absolute Gasteiger partial charge is 0.364 e. The molecule has 5 rings (SSSR count). The van der Waals surface area contributed by atoms with Gasteiger partial charge in [0.1, 0.15) is 17.7 Å². The lowest BCUT2D eigenvalue weighted by atomic mass is 10.0. The summed E-state index contributed by atoms with van der Waals surface area (Å²) in [4.78, 5) is 18.8. The summed E-state index contributed by atoms with van der Waals surface area (Å²) in [6.07, 6.45) is 1.32. The third kappa shape index (κ3) is 5.71. The molecule has 11 nitrogen and oxygen atoms in total. The van der Waals surface area contributed by atoms with Gasteiger partial charge in [-0.05, 0) is 46.4 Å². The first-order valence-corrected chi connectivity index (χ1v) is 12.8. The zero-order valence-corrected chi connectivity index (χ0v) is 22.5. The van der Waals surface area contributed by atoms with Gasteiger partial charge < -0.3 is 20.1 Å². The number of halogens is 3. The number of piperidine rings is 1. The highest BCUT2D eigenvalue weighted by atomic mass is 19.3. The molecule has 4 aromatic heterocycles. The SMILES string of the molecule is CN1CC[C@@H](Nc2cccc3c(C=C(F)F)c(-c4noc(CNC(=O)c5cnn(C(C)(C)C)c5)n4)nn23)[C@@H](F)C1. The number of aromatic nitrogens is 6. The second kappa shape index (κ2) is 10.8. The Labute approximate surface area is 228 Å². The quantitative estimate of drug-likeness (QED) is 0.351. The van der Waals surface area contributed by atoms with Crippen LogP contribution in [0.4, 0.5) is 19.0 Å². The summed E-state index contributed by atoms with van der Waals surface area (Å²) in [5.74, 6) is 0.0855. The summed E-state index contributed by atoms with van der Waals surface area (Å²) in [7, 11) is 1.86. The highest BCUT2D eigenvalue weighted by Crippen LogP contribution is 2.30. The van der Waals surface area contributed by atoms with E-state index in [4.69, 9.17) is 4.52 Å². The average molecular weight is 558 g/mol. The van der Waals surface area contributed by atoms with E-state index in [1.54, 1.807) is 29.1 Å². The predicted molar refractivity (Wildman–Crippen MR) is 141 cm³/mol. The van der Waals surface area contributed by atoms with Gasteiger partial charge >= 0.3 is 0 Å². The number of fused-ring (bicyclic) bond motifs is 1. The van der Waals surface area contributed by atoms with E-state index in [2.05, 4.69) is 31.0 Å². The van der Waals surface area contributed by atoms with Crippen molar-refractivity contribution in [3.8, 4) is 11.5 Å². The molecule has 1 saturated heterocycles. The zero-order valence-electron chi connectivity index (χ0n) is 22.5. The number of hydrogen-bond acceptors (Lipinski definition) is 8. The van der Waals surface area contributed by atoms with Crippen LogP contribution in [-0.4, -0.2) is 72.7 Å². The van der Waals surface area contributed by atoms with Gasteiger partial charge in [0.2, 0.25) is 11.7 Å². The van der Waals surface area contributed by atoms with Crippen LogP contribution >= 0.6 is 0 Å². The van der Waals surface area contributed by atoms with Gasteiger partial charge in [-0.25, -0.2) is 8.91 Å². The second-order valence-electron chi connectivity index (χ2n) is 10.8. The molecule has 212 valence electrons. The Morgan fingerprint density at radius 2 is 2.08 bits per heavy atom. The molecule has 14 heteroatoms. The van der Waals surface area contributed by atoms with E-state index in [0.29, 0.717) is 35.9 Å². The molecule has 1 amide bonds. The number of anilines is 1. The van der Waals surface area contributed by atoms with Crippen molar-refractivity contribution >= 4 is 23.3 Å². The summed E-state index contributed by atoms with van der Waals surface area (Å²) < 4.78 is 50.0. The van der Waals surface area contributed by atoms with Crippen molar-refractivity contribution in [1.82, 2.24) is 39.8 Å². The molecule has 1 aliphatic heterocycles. The minimum Gasteiger partial charge on any atom is -0.364 e. The molecule has 40 heavy (non-hydrogen) atoms. The Hall–Kier alpha value is -4.20. The van der Waals surface area contributed by atoms with E-state index >= 15 is 0 Å². The van der Waals surface area contributed by atoms with Crippen molar-refractivity contribution in [2.75, 3.05) is 25.5 Å². The maximum Gasteiger partial charge on any atom is 0.271 e. The van der Waals surface area contributed by atoms with Crippen LogP contribution in [0, 0.1) is 0 Å². The number of rotatable bonds is 7. The predicted octanol–water partition coefficient (Wildman–Crippen LogP) is 3.96. The molecule has 5 heterocycles. The third-order valence-corrected chi connectivity index (χ3v) is 6.64. The van der Waals surface area contributed by atoms with E-state index in [0.717, 1.165) is 6.54 Å². The van der Waals surface area contributed by atoms with Crippen LogP contribution in [0.5, 0.6) is 0 Å². The lowest BCUT2D eigenvalue weighted by Gasteiger charge is -2.33. The molecule has 0 bridgehead atoms. The van der Waals surface area contributed by atoms with Crippen molar-refractivity contribution in [2.24, 2.45) is 0 Å². The van der Waals surface area contributed by atoms with Crippen LogP contribution < -0.4 is 10.6 Å². The van der Waals surface area contributed by atoms with Crippen molar-refractivity contribution in [1.29, 1.82) is 0 Å². The van der Waals surface area contributed by atoms with Crippen LogP contribution in [0.15, 0.2) is 41.2 Å². The first-order chi connectivity index (χ1) is 19.0. The third-order valence-electron chi connectivity index (χ3n) is 6.64. The van der Waals surface area contributed by atoms with Gasteiger partial charge in [-0.2, -0.15) is 24.0 Å². The first kappa shape index (κ1) is 27.4. The van der Waals surface area contributed by atoms with Gasteiger partial charge in [0, 0.05) is 30.9 Å². The molecule has 2 N–H and O–H groups in total. The monoisotopic (exact) mass is 557 g/mol. The number of carbonyl (C=O) groups excluding carboxylic acids is 1. The number of amides is 1. The minimum atomic E-state index is -1.93. The molecule has 0 saturated carbocycles. The van der Waals surface area contributed by atoms with Crippen molar-refractivity contribution < 1.29 is 22.5 Å². The van der Waals surface area contributed by atoms with Gasteiger partial charge in [0.25, 0.3) is 12.0 Å². The summed E-state index contributed by atoms with van der Waals surface area (Å²) >= 11 is 0. The normalized spacial score (nSPS) is 18.2. The van der Waals surface area contributed by atoms with E-state index in [1.165, 1.54) is 10.7 Å². The Morgan fingerprint density at radius 1 is 1.27 bits per heavy atom. The summed E-state index contributed by atoms with van der Waals surface area (Å²) in [5.41, 5.74) is 0.562. The molecular weight excluding hydrogens is 527 g/mol. The lowest BCUT2D eigenvalue weighted by Crippen LogP contribution is -2.46. The average Bonchev–Trinajstić information content (AvgIpc) is 3.63. The van der Waals surface area contributed by atoms with Crippen LogP contribution in [0.3, 0.4) is 0 Å². The van der Waals surface area contributed by atoms with Gasteiger partial charge in [-0.1, -0.05) is 11.2 Å². The smallest absolute Gasteiger partial charge is 0.271 e. The molecule has 0 unspecified atom stereocenters. The fourth-order valence-corrected chi connectivity index (χ4v) is 4.51. The molecule has 2 atom stereocenters. The lowest BCUT2D eigenvalue weighted by molar-refractivity contribution is 0.0946. The fourth-order valence-electron chi connectivity index (χ4n) is 4.51. The zero-order chi connectivity index (χ0) is 28.6. The van der Waals surface area contributed by atoms with Crippen LogP contribution in [-0.2, 0) is 12.1 Å². The van der Waals surface area contributed by atoms with E-state index in [1.807, 2.05) is 32.7 Å². The topological polar surface area (TPSA) is 118 Å². The standard InChI is InChI=1S/C26H30F3N9O2/c1-26(2,3)37-13-15(11-31-37)25(39)30-12-22-33-24(35-40-22)23-16(10-20(28)29)19-6-5-7-21(38(19)34-23)32-18-8-9-36(4)14-17(18)27/h5-7,10-11,13,17-18,32H,8-9,12,14H2,1-4H3,(H,30,39)/t17-,18+/m0/s1. The van der Waals surface area contributed by atoms with Crippen molar-refractivity contribution in [3.05, 3.63) is 53.7 Å². The van der Waals surface area contributed by atoms with Gasteiger partial charge in [0.15, 0.2) is 0 Å². The molecular formula is C26H30F3N9O2. The Bertz CT molecular complexity index is 1550. The van der Waals surface area contributed by atoms with Crippen molar-refractivity contribution in [3.63, 3.8) is 0 Å². The van der Waals surface area contributed by atoms with Crippen LogP contribution in [0.25, 0.3) is 23.1 Å². The van der Waals surface area contributed by atoms with E-state index in [-0.39, 0.29) is 41.0 Å². The summed E-state index contributed by atoms with van der Waals surface area (Å²) in [6.45, 7) is 6.81. The van der Waals surface area contributed by atoms with Gasteiger partial charge in [-0.3, -0.25) is 9.48 Å². The van der Waals surface area contributed by atoms with Crippen LogP contribution in [0.2, 0.25) is 0 Å². The minimum absolute atomic E-state index is 0.0328. The molecule has 0 radical (unpaired) electrons. The van der Waals surface area contributed by atoms with E-state index < -0.39 is 18.3 Å². The Kier molecular flexibility index (Phi) is 7.36. The number of nitrogens with zero attached hydrogens (tertiary/aromatic N) is 7.